The molecule has 14 nitrogen and oxygen atoms in total. The van der Waals surface area contributed by atoms with E-state index < -0.39 is 72.8 Å². The van der Waals surface area contributed by atoms with Crippen LogP contribution in [-0.4, -0.2) is 81.7 Å². The second-order valence-corrected chi connectivity index (χ2v) is 6.11. The molecule has 0 spiro atoms. The molecular weight excluding hydrogens is 394 g/mol. The normalized spacial score (nSPS) is 14.6. The molecule has 0 aromatic rings. The third-order valence-corrected chi connectivity index (χ3v) is 3.53. The summed E-state index contributed by atoms with van der Waals surface area (Å²) in [4.78, 5) is 68.3. The van der Waals surface area contributed by atoms with Crippen LogP contribution in [0.2, 0.25) is 0 Å². The van der Waals surface area contributed by atoms with Crippen molar-refractivity contribution < 1.29 is 44.1 Å². The maximum Gasteiger partial charge on any atom is 0.328 e. The van der Waals surface area contributed by atoms with Crippen LogP contribution in [-0.2, 0) is 28.8 Å². The quantitative estimate of drug-likeness (QED) is 0.142. The van der Waals surface area contributed by atoms with E-state index in [2.05, 4.69) is 10.6 Å². The van der Waals surface area contributed by atoms with Crippen LogP contribution in [0.3, 0.4) is 0 Å². The zero-order valence-electron chi connectivity index (χ0n) is 15.6. The Labute approximate surface area is 165 Å². The van der Waals surface area contributed by atoms with Crippen molar-refractivity contribution in [3.8, 4) is 0 Å². The molecule has 0 fully saturated rings. The molecule has 0 saturated carbocycles. The van der Waals surface area contributed by atoms with Crippen molar-refractivity contribution in [2.24, 2.45) is 11.5 Å². The molecule has 14 heteroatoms. The lowest BCUT2D eigenvalue weighted by atomic mass is 10.1. The number of primary amides is 1. The first-order valence-electron chi connectivity index (χ1n) is 8.39. The standard InChI is InChI=1S/C15H25N5O9/c1-6(21)12(15(28)29)20-14(27)8(2-3-9(17)22)19-10(23)5-18-13(26)7(16)4-11(24)25/h6-8,12,21H,2-5,16H2,1H3,(H2,17,22)(H,18,26)(H,19,23)(H,20,27)(H,24,25)(H,28,29). The highest BCUT2D eigenvalue weighted by molar-refractivity contribution is 5.93. The van der Waals surface area contributed by atoms with E-state index in [1.54, 1.807) is 0 Å². The Balaban J connectivity index is 4.95. The predicted molar refractivity (Wildman–Crippen MR) is 94.8 cm³/mol. The molecule has 0 aromatic heterocycles. The van der Waals surface area contributed by atoms with Crippen molar-refractivity contribution in [3.05, 3.63) is 0 Å². The fraction of sp³-hybridized carbons (Fsp3) is 0.600. The number of nitrogens with one attached hydrogen (secondary N) is 3. The molecule has 0 bridgehead atoms. The van der Waals surface area contributed by atoms with Crippen molar-refractivity contribution in [1.29, 1.82) is 0 Å². The molecular formula is C15H25N5O9. The highest BCUT2D eigenvalue weighted by Gasteiger charge is 2.29. The third kappa shape index (κ3) is 10.6. The van der Waals surface area contributed by atoms with E-state index in [1.165, 1.54) is 0 Å². The molecule has 164 valence electrons. The zero-order chi connectivity index (χ0) is 22.7. The molecule has 0 aliphatic heterocycles. The van der Waals surface area contributed by atoms with Gasteiger partial charge in [-0.25, -0.2) is 4.79 Å². The summed E-state index contributed by atoms with van der Waals surface area (Å²) in [6.07, 6.45) is -2.70. The second-order valence-electron chi connectivity index (χ2n) is 6.11. The summed E-state index contributed by atoms with van der Waals surface area (Å²) in [5.74, 6) is -6.42. The van der Waals surface area contributed by atoms with Gasteiger partial charge >= 0.3 is 11.9 Å². The van der Waals surface area contributed by atoms with E-state index in [0.29, 0.717) is 0 Å². The maximum atomic E-state index is 12.3. The molecule has 0 rings (SSSR count). The van der Waals surface area contributed by atoms with Crippen molar-refractivity contribution in [1.82, 2.24) is 16.0 Å². The van der Waals surface area contributed by atoms with Gasteiger partial charge in [0.25, 0.3) is 0 Å². The van der Waals surface area contributed by atoms with Crippen LogP contribution >= 0.6 is 0 Å². The average molecular weight is 419 g/mol. The number of carboxylic acid groups (broad SMARTS) is 2. The number of amides is 4. The maximum absolute atomic E-state index is 12.3. The lowest BCUT2D eigenvalue weighted by molar-refractivity contribution is -0.145. The summed E-state index contributed by atoms with van der Waals surface area (Å²) in [6, 6.07) is -4.44. The molecule has 4 atom stereocenters. The van der Waals surface area contributed by atoms with Gasteiger partial charge in [-0.05, 0) is 13.3 Å². The molecule has 4 unspecified atom stereocenters. The Morgan fingerprint density at radius 3 is 2.03 bits per heavy atom. The number of nitrogens with two attached hydrogens (primary N) is 2. The Morgan fingerprint density at radius 1 is 1.00 bits per heavy atom. The monoisotopic (exact) mass is 419 g/mol. The minimum absolute atomic E-state index is 0.272. The van der Waals surface area contributed by atoms with E-state index in [4.69, 9.17) is 21.7 Å². The van der Waals surface area contributed by atoms with Crippen LogP contribution in [0.4, 0.5) is 0 Å². The fourth-order valence-electron chi connectivity index (χ4n) is 2.02. The summed E-state index contributed by atoms with van der Waals surface area (Å²) in [7, 11) is 0. The van der Waals surface area contributed by atoms with Gasteiger partial charge in [0.2, 0.25) is 23.6 Å². The number of hydrogen-bond donors (Lipinski definition) is 8. The predicted octanol–water partition coefficient (Wildman–Crippen LogP) is -4.39. The number of aliphatic carboxylic acids is 2. The first-order chi connectivity index (χ1) is 13.3. The number of carboxylic acids is 2. The van der Waals surface area contributed by atoms with E-state index in [9.17, 15) is 33.9 Å². The average Bonchev–Trinajstić information content (AvgIpc) is 2.59. The summed E-state index contributed by atoms with van der Waals surface area (Å²) in [5, 5.41) is 33.3. The van der Waals surface area contributed by atoms with Crippen LogP contribution in [0.5, 0.6) is 0 Å². The lowest BCUT2D eigenvalue weighted by Gasteiger charge is -2.22. The molecule has 0 aromatic carbocycles. The smallest absolute Gasteiger partial charge is 0.328 e. The minimum atomic E-state index is -1.66. The van der Waals surface area contributed by atoms with Crippen molar-refractivity contribution in [2.75, 3.05) is 6.54 Å². The van der Waals surface area contributed by atoms with Gasteiger partial charge in [-0.1, -0.05) is 0 Å². The third-order valence-electron chi connectivity index (χ3n) is 3.53. The summed E-state index contributed by atoms with van der Waals surface area (Å²) >= 11 is 0. The summed E-state index contributed by atoms with van der Waals surface area (Å²) in [6.45, 7) is 0.469. The summed E-state index contributed by atoms with van der Waals surface area (Å²) < 4.78 is 0. The van der Waals surface area contributed by atoms with Crippen molar-refractivity contribution in [2.45, 2.75) is 50.4 Å². The van der Waals surface area contributed by atoms with Gasteiger partial charge in [0.1, 0.15) is 6.04 Å². The van der Waals surface area contributed by atoms with Crippen LogP contribution in [0.1, 0.15) is 26.2 Å². The molecule has 0 heterocycles. The number of carbonyl (C=O) groups excluding carboxylic acids is 4. The highest BCUT2D eigenvalue weighted by atomic mass is 16.4. The first kappa shape index (κ1) is 25.7. The van der Waals surface area contributed by atoms with E-state index >= 15 is 0 Å². The van der Waals surface area contributed by atoms with Crippen LogP contribution in [0.15, 0.2) is 0 Å². The Hall–Kier alpha value is -3.26. The Bertz CT molecular complexity index is 652. The molecule has 10 N–H and O–H groups in total. The van der Waals surface area contributed by atoms with Gasteiger partial charge in [-0.15, -0.1) is 0 Å². The molecule has 0 aliphatic carbocycles. The van der Waals surface area contributed by atoms with Crippen LogP contribution in [0, 0.1) is 0 Å². The molecule has 4 amide bonds. The molecule has 0 aliphatic rings. The van der Waals surface area contributed by atoms with Crippen LogP contribution in [0.25, 0.3) is 0 Å². The van der Waals surface area contributed by atoms with Gasteiger partial charge in [0.15, 0.2) is 6.04 Å². The van der Waals surface area contributed by atoms with Gasteiger partial charge in [-0.3, -0.25) is 24.0 Å². The van der Waals surface area contributed by atoms with E-state index in [-0.39, 0.29) is 12.8 Å². The second kappa shape index (κ2) is 12.2. The van der Waals surface area contributed by atoms with Crippen molar-refractivity contribution in [3.63, 3.8) is 0 Å². The molecule has 0 radical (unpaired) electrons. The van der Waals surface area contributed by atoms with E-state index in [0.717, 1.165) is 6.92 Å². The van der Waals surface area contributed by atoms with Gasteiger partial charge in [-0.2, -0.15) is 0 Å². The van der Waals surface area contributed by atoms with Crippen LogP contribution < -0.4 is 27.4 Å². The number of carbonyl (C=O) groups is 6. The Kier molecular flexibility index (Phi) is 10.9. The largest absolute Gasteiger partial charge is 0.481 e. The first-order valence-corrected chi connectivity index (χ1v) is 8.39. The highest BCUT2D eigenvalue weighted by Crippen LogP contribution is 2.01. The number of hydrogen-bond acceptors (Lipinski definition) is 8. The van der Waals surface area contributed by atoms with Gasteiger partial charge in [0, 0.05) is 6.42 Å². The minimum Gasteiger partial charge on any atom is -0.481 e. The lowest BCUT2D eigenvalue weighted by Crippen LogP contribution is -2.56. The zero-order valence-corrected chi connectivity index (χ0v) is 15.6. The van der Waals surface area contributed by atoms with Gasteiger partial charge < -0.3 is 42.7 Å². The Morgan fingerprint density at radius 2 is 1.59 bits per heavy atom. The van der Waals surface area contributed by atoms with Crippen molar-refractivity contribution >= 4 is 35.6 Å². The van der Waals surface area contributed by atoms with Gasteiger partial charge in [0.05, 0.1) is 25.1 Å². The molecule has 29 heavy (non-hydrogen) atoms. The molecule has 0 saturated heterocycles. The fourth-order valence-corrected chi connectivity index (χ4v) is 2.02. The van der Waals surface area contributed by atoms with E-state index in [1.807, 2.05) is 5.32 Å². The number of rotatable bonds is 13. The summed E-state index contributed by atoms with van der Waals surface area (Å²) in [5.41, 5.74) is 10.3. The SMILES string of the molecule is CC(O)C(NC(=O)C(CCC(N)=O)NC(=O)CNC(=O)C(N)CC(=O)O)C(=O)O. The number of aliphatic hydroxyl groups excluding tert-OH is 1. The number of aliphatic hydroxyl groups is 1. The topological polar surface area (TPSA) is 251 Å².